The van der Waals surface area contributed by atoms with E-state index in [2.05, 4.69) is 10.6 Å². The van der Waals surface area contributed by atoms with Crippen LogP contribution in [-0.4, -0.2) is 19.6 Å². The molecule has 0 aliphatic carbocycles. The first-order valence-corrected chi connectivity index (χ1v) is 10.1. The summed E-state index contributed by atoms with van der Waals surface area (Å²) in [4.78, 5) is 12.5. The lowest BCUT2D eigenvalue weighted by Crippen LogP contribution is -2.28. The second-order valence-corrected chi connectivity index (χ2v) is 6.94. The van der Waals surface area contributed by atoms with Crippen LogP contribution in [0.3, 0.4) is 0 Å². The van der Waals surface area contributed by atoms with Crippen molar-refractivity contribution < 1.29 is 9.53 Å². The van der Waals surface area contributed by atoms with Crippen molar-refractivity contribution in [1.29, 1.82) is 5.26 Å². The molecular formula is C26H25N3O2. The first-order valence-electron chi connectivity index (χ1n) is 10.1. The molecule has 3 aromatic rings. The number of methoxy groups -OCH3 is 1. The Bertz CT molecular complexity index is 1000. The van der Waals surface area contributed by atoms with Gasteiger partial charge in [0.1, 0.15) is 17.4 Å². The van der Waals surface area contributed by atoms with E-state index in [1.807, 2.05) is 91.0 Å². The van der Waals surface area contributed by atoms with Gasteiger partial charge in [0.05, 0.1) is 13.2 Å². The van der Waals surface area contributed by atoms with E-state index in [0.29, 0.717) is 13.0 Å². The standard InChI is InChI=1S/C26H25N3O2/c1-31-24-14-12-20(13-15-24)16-17-28-26(30)23(18-27)19-29-25(21-8-4-2-5-9-21)22-10-6-3-7-11-22/h2-15,19,25,29H,16-17H2,1H3,(H,28,30)/b23-19-. The summed E-state index contributed by atoms with van der Waals surface area (Å²) in [6, 6.07) is 29.3. The topological polar surface area (TPSA) is 74.1 Å². The van der Waals surface area contributed by atoms with E-state index in [1.165, 1.54) is 6.20 Å². The minimum absolute atomic E-state index is 0.0339. The predicted octanol–water partition coefficient (Wildman–Crippen LogP) is 4.14. The lowest BCUT2D eigenvalue weighted by molar-refractivity contribution is -0.117. The van der Waals surface area contributed by atoms with Crippen molar-refractivity contribution >= 4 is 5.91 Å². The third kappa shape index (κ3) is 6.22. The van der Waals surface area contributed by atoms with Crippen LogP contribution in [0.2, 0.25) is 0 Å². The number of benzene rings is 3. The van der Waals surface area contributed by atoms with E-state index >= 15 is 0 Å². The highest BCUT2D eigenvalue weighted by Gasteiger charge is 2.14. The molecule has 0 radical (unpaired) electrons. The normalized spacial score (nSPS) is 10.9. The number of nitriles is 1. The zero-order chi connectivity index (χ0) is 21.9. The van der Waals surface area contributed by atoms with Crippen LogP contribution in [-0.2, 0) is 11.2 Å². The number of rotatable bonds is 9. The lowest BCUT2D eigenvalue weighted by Gasteiger charge is -2.19. The van der Waals surface area contributed by atoms with Gasteiger partial charge in [0.25, 0.3) is 5.91 Å². The van der Waals surface area contributed by atoms with Crippen molar-refractivity contribution in [2.75, 3.05) is 13.7 Å². The van der Waals surface area contributed by atoms with Gasteiger partial charge in [-0.05, 0) is 35.2 Å². The van der Waals surface area contributed by atoms with Crippen LogP contribution in [0.4, 0.5) is 0 Å². The van der Waals surface area contributed by atoms with Crippen LogP contribution in [0, 0.1) is 11.3 Å². The molecule has 0 aromatic heterocycles. The van der Waals surface area contributed by atoms with Gasteiger partial charge in [0, 0.05) is 12.7 Å². The van der Waals surface area contributed by atoms with E-state index < -0.39 is 5.91 Å². The molecule has 0 spiro atoms. The molecule has 2 N–H and O–H groups in total. The minimum atomic E-state index is -0.400. The highest BCUT2D eigenvalue weighted by molar-refractivity contribution is 5.97. The highest BCUT2D eigenvalue weighted by Crippen LogP contribution is 2.22. The van der Waals surface area contributed by atoms with Crippen molar-refractivity contribution in [3.63, 3.8) is 0 Å². The molecule has 0 atom stereocenters. The van der Waals surface area contributed by atoms with E-state index in [0.717, 1.165) is 22.4 Å². The van der Waals surface area contributed by atoms with Crippen molar-refractivity contribution in [2.45, 2.75) is 12.5 Å². The van der Waals surface area contributed by atoms with E-state index in [-0.39, 0.29) is 11.6 Å². The van der Waals surface area contributed by atoms with Crippen molar-refractivity contribution in [2.24, 2.45) is 0 Å². The monoisotopic (exact) mass is 411 g/mol. The molecule has 0 aliphatic heterocycles. The third-order valence-corrected chi connectivity index (χ3v) is 4.88. The molecule has 5 nitrogen and oxygen atoms in total. The zero-order valence-electron chi connectivity index (χ0n) is 17.4. The van der Waals surface area contributed by atoms with Crippen LogP contribution in [0.15, 0.2) is 96.7 Å². The highest BCUT2D eigenvalue weighted by atomic mass is 16.5. The van der Waals surface area contributed by atoms with Gasteiger partial charge in [-0.15, -0.1) is 0 Å². The Morgan fingerprint density at radius 3 is 2.06 bits per heavy atom. The van der Waals surface area contributed by atoms with Gasteiger partial charge in [-0.2, -0.15) is 5.26 Å². The number of ether oxygens (including phenoxy) is 1. The molecule has 156 valence electrons. The van der Waals surface area contributed by atoms with E-state index in [4.69, 9.17) is 4.74 Å². The summed E-state index contributed by atoms with van der Waals surface area (Å²) in [6.07, 6.45) is 2.16. The molecule has 0 bridgehead atoms. The van der Waals surface area contributed by atoms with Crippen LogP contribution in [0.5, 0.6) is 5.75 Å². The molecule has 5 heteroatoms. The molecule has 0 unspecified atom stereocenters. The molecule has 0 aliphatic rings. The van der Waals surface area contributed by atoms with E-state index in [9.17, 15) is 10.1 Å². The number of nitrogens with zero attached hydrogens (tertiary/aromatic N) is 1. The maximum atomic E-state index is 12.5. The average molecular weight is 412 g/mol. The maximum Gasteiger partial charge on any atom is 0.263 e. The van der Waals surface area contributed by atoms with E-state index in [1.54, 1.807) is 7.11 Å². The molecule has 3 aromatic carbocycles. The van der Waals surface area contributed by atoms with Crippen molar-refractivity contribution in [3.05, 3.63) is 113 Å². The Hall–Kier alpha value is -4.04. The second-order valence-electron chi connectivity index (χ2n) is 6.94. The SMILES string of the molecule is COc1ccc(CCNC(=O)/C(C#N)=C\NC(c2ccccc2)c2ccccc2)cc1. The summed E-state index contributed by atoms with van der Waals surface area (Å²) < 4.78 is 5.15. The van der Waals surface area contributed by atoms with Crippen LogP contribution >= 0.6 is 0 Å². The number of carbonyl (C=O) groups excluding carboxylic acids is 1. The number of nitrogens with one attached hydrogen (secondary N) is 2. The Balaban J connectivity index is 1.64. The summed E-state index contributed by atoms with van der Waals surface area (Å²) in [5.41, 5.74) is 3.20. The zero-order valence-corrected chi connectivity index (χ0v) is 17.4. The molecule has 3 rings (SSSR count). The number of hydrogen-bond donors (Lipinski definition) is 2. The van der Waals surface area contributed by atoms with Gasteiger partial charge < -0.3 is 15.4 Å². The van der Waals surface area contributed by atoms with Crippen LogP contribution in [0.25, 0.3) is 0 Å². The summed E-state index contributed by atoms with van der Waals surface area (Å²) in [7, 11) is 1.62. The number of carbonyl (C=O) groups is 1. The fraction of sp³-hybridized carbons (Fsp3) is 0.154. The molecule has 31 heavy (non-hydrogen) atoms. The first-order chi connectivity index (χ1) is 15.2. The van der Waals surface area contributed by atoms with Crippen LogP contribution in [0.1, 0.15) is 22.7 Å². The average Bonchev–Trinajstić information content (AvgIpc) is 2.83. The first kappa shape index (κ1) is 21.7. The smallest absolute Gasteiger partial charge is 0.263 e. The summed E-state index contributed by atoms with van der Waals surface area (Å²) in [5, 5.41) is 15.6. The molecular weight excluding hydrogens is 386 g/mol. The lowest BCUT2D eigenvalue weighted by atomic mass is 9.99. The fourth-order valence-electron chi connectivity index (χ4n) is 3.20. The summed E-state index contributed by atoms with van der Waals surface area (Å²) in [6.45, 7) is 0.435. The number of amides is 1. The third-order valence-electron chi connectivity index (χ3n) is 4.88. The second kappa shape index (κ2) is 11.2. The van der Waals surface area contributed by atoms with Gasteiger partial charge in [-0.25, -0.2) is 0 Å². The van der Waals surface area contributed by atoms with Gasteiger partial charge in [-0.1, -0.05) is 72.8 Å². The Morgan fingerprint density at radius 1 is 0.968 bits per heavy atom. The summed E-state index contributed by atoms with van der Waals surface area (Å²) in [5.74, 6) is 0.392. The van der Waals surface area contributed by atoms with Gasteiger partial charge in [-0.3, -0.25) is 4.79 Å². The van der Waals surface area contributed by atoms with Gasteiger partial charge in [0.2, 0.25) is 0 Å². The van der Waals surface area contributed by atoms with Gasteiger partial charge in [0.15, 0.2) is 0 Å². The molecule has 1 amide bonds. The van der Waals surface area contributed by atoms with Gasteiger partial charge >= 0.3 is 0 Å². The largest absolute Gasteiger partial charge is 0.497 e. The minimum Gasteiger partial charge on any atom is -0.497 e. The maximum absolute atomic E-state index is 12.5. The quantitative estimate of drug-likeness (QED) is 0.410. The molecule has 0 saturated carbocycles. The Labute approximate surface area is 183 Å². The molecule has 0 saturated heterocycles. The Kier molecular flexibility index (Phi) is 7.84. The molecule has 0 fully saturated rings. The Morgan fingerprint density at radius 2 is 1.55 bits per heavy atom. The van der Waals surface area contributed by atoms with Crippen molar-refractivity contribution in [1.82, 2.24) is 10.6 Å². The van der Waals surface area contributed by atoms with Crippen LogP contribution < -0.4 is 15.4 Å². The fourth-order valence-corrected chi connectivity index (χ4v) is 3.20. The summed E-state index contributed by atoms with van der Waals surface area (Å²) >= 11 is 0. The van der Waals surface area contributed by atoms with Crippen molar-refractivity contribution in [3.8, 4) is 11.8 Å². The molecule has 0 heterocycles. The number of hydrogen-bond acceptors (Lipinski definition) is 4. The predicted molar refractivity (Wildman–Crippen MR) is 121 cm³/mol.